The first-order valence-electron chi connectivity index (χ1n) is 10.8. The summed E-state index contributed by atoms with van der Waals surface area (Å²) < 4.78 is 15.0. The molecule has 4 aromatic rings. The molecule has 3 heterocycles. The lowest BCUT2D eigenvalue weighted by Crippen LogP contribution is -2.50. The number of carbonyl (C=O) groups is 2. The maximum Gasteiger partial charge on any atom is 0.272 e. The molecule has 0 aliphatic carbocycles. The molecule has 33 heavy (non-hydrogen) atoms. The first-order valence-corrected chi connectivity index (χ1v) is 10.8. The molecule has 0 radical (unpaired) electrons. The molecule has 0 unspecified atom stereocenters. The highest BCUT2D eigenvalue weighted by Crippen LogP contribution is 2.25. The maximum absolute atomic E-state index is 13.5. The molecule has 2 amide bonds. The van der Waals surface area contributed by atoms with E-state index in [4.69, 9.17) is 4.98 Å². The predicted octanol–water partition coefficient (Wildman–Crippen LogP) is 3.51. The lowest BCUT2D eigenvalue weighted by atomic mass is 10.1. The number of carbonyl (C=O) groups excluding carboxylic acids is 2. The number of aromatic nitrogens is 3. The van der Waals surface area contributed by atoms with E-state index in [1.807, 2.05) is 36.4 Å². The number of rotatable bonds is 3. The molecule has 7 nitrogen and oxygen atoms in total. The van der Waals surface area contributed by atoms with Crippen LogP contribution < -0.4 is 0 Å². The Labute approximate surface area is 190 Å². The van der Waals surface area contributed by atoms with Crippen LogP contribution in [0.3, 0.4) is 0 Å². The number of benzene rings is 2. The zero-order valence-electron chi connectivity index (χ0n) is 18.1. The quantitative estimate of drug-likeness (QED) is 0.486. The average molecular weight is 443 g/mol. The highest BCUT2D eigenvalue weighted by atomic mass is 19.1. The second-order valence-electron chi connectivity index (χ2n) is 8.00. The Morgan fingerprint density at radius 2 is 1.45 bits per heavy atom. The van der Waals surface area contributed by atoms with Gasteiger partial charge in [0.2, 0.25) is 5.91 Å². The van der Waals surface area contributed by atoms with Gasteiger partial charge >= 0.3 is 0 Å². The summed E-state index contributed by atoms with van der Waals surface area (Å²) in [4.78, 5) is 33.4. The van der Waals surface area contributed by atoms with E-state index in [0.717, 1.165) is 5.56 Å². The van der Waals surface area contributed by atoms with Crippen LogP contribution in [0, 0.1) is 5.82 Å². The van der Waals surface area contributed by atoms with Crippen LogP contribution in [0.1, 0.15) is 17.4 Å². The minimum atomic E-state index is -0.338. The summed E-state index contributed by atoms with van der Waals surface area (Å²) in [6, 6.07) is 19.2. The highest BCUT2D eigenvalue weighted by molar-refractivity contribution is 5.94. The van der Waals surface area contributed by atoms with Crippen molar-refractivity contribution in [2.45, 2.75) is 6.92 Å². The monoisotopic (exact) mass is 443 g/mol. The molecule has 1 saturated heterocycles. The van der Waals surface area contributed by atoms with E-state index >= 15 is 0 Å². The number of amides is 2. The van der Waals surface area contributed by atoms with E-state index in [0.29, 0.717) is 54.5 Å². The first-order chi connectivity index (χ1) is 16.0. The lowest BCUT2D eigenvalue weighted by Gasteiger charge is -2.34. The Morgan fingerprint density at radius 3 is 2.12 bits per heavy atom. The van der Waals surface area contributed by atoms with Crippen molar-refractivity contribution in [2.24, 2.45) is 0 Å². The topological polar surface area (TPSA) is 70.8 Å². The summed E-state index contributed by atoms with van der Waals surface area (Å²) in [7, 11) is 0. The number of hydrogen-bond acceptors (Lipinski definition) is 4. The Bertz CT molecular complexity index is 1330. The summed E-state index contributed by atoms with van der Waals surface area (Å²) in [5, 5.41) is 4.67. The fourth-order valence-corrected chi connectivity index (χ4v) is 4.03. The molecule has 8 heteroatoms. The van der Waals surface area contributed by atoms with Gasteiger partial charge in [0.05, 0.1) is 11.4 Å². The molecule has 0 bridgehead atoms. The molecule has 0 saturated carbocycles. The zero-order chi connectivity index (χ0) is 22.9. The summed E-state index contributed by atoms with van der Waals surface area (Å²) in [6.07, 6.45) is 0. The normalized spacial score (nSPS) is 14.0. The number of piperazine rings is 1. The fraction of sp³-hybridized carbons (Fsp3) is 0.200. The highest BCUT2D eigenvalue weighted by Gasteiger charge is 2.26. The van der Waals surface area contributed by atoms with Gasteiger partial charge in [-0.25, -0.2) is 13.9 Å². The van der Waals surface area contributed by atoms with E-state index in [1.54, 1.807) is 32.5 Å². The third-order valence-electron chi connectivity index (χ3n) is 5.87. The molecule has 1 aliphatic heterocycles. The van der Waals surface area contributed by atoms with Crippen LogP contribution in [0.25, 0.3) is 28.2 Å². The smallest absolute Gasteiger partial charge is 0.272 e. The molecule has 0 spiro atoms. The van der Waals surface area contributed by atoms with Crippen molar-refractivity contribution < 1.29 is 14.0 Å². The second kappa shape index (κ2) is 8.46. The summed E-state index contributed by atoms with van der Waals surface area (Å²) in [5.41, 5.74) is 3.79. The number of fused-ring (bicyclic) bond motifs is 1. The summed E-state index contributed by atoms with van der Waals surface area (Å²) in [6.45, 7) is 3.42. The van der Waals surface area contributed by atoms with Crippen molar-refractivity contribution in [2.75, 3.05) is 26.2 Å². The van der Waals surface area contributed by atoms with Crippen LogP contribution in [0.5, 0.6) is 0 Å². The van der Waals surface area contributed by atoms with E-state index in [1.165, 1.54) is 19.1 Å². The van der Waals surface area contributed by atoms with Crippen LogP contribution in [0.15, 0.2) is 66.7 Å². The van der Waals surface area contributed by atoms with Gasteiger partial charge in [0.25, 0.3) is 5.91 Å². The van der Waals surface area contributed by atoms with Crippen LogP contribution >= 0.6 is 0 Å². The Hall–Kier alpha value is -4.07. The SMILES string of the molecule is CC(=O)N1CCN(C(=O)c2cc(-c3ccc(F)cc3)nc3cc(-c4ccccc4)nn23)CC1. The third kappa shape index (κ3) is 4.07. The lowest BCUT2D eigenvalue weighted by molar-refractivity contribution is -0.130. The van der Waals surface area contributed by atoms with Gasteiger partial charge in [0.15, 0.2) is 5.65 Å². The van der Waals surface area contributed by atoms with Gasteiger partial charge < -0.3 is 9.80 Å². The van der Waals surface area contributed by atoms with Gasteiger partial charge in [-0.3, -0.25) is 9.59 Å². The molecule has 1 aliphatic rings. The molecule has 1 fully saturated rings. The maximum atomic E-state index is 13.5. The predicted molar refractivity (Wildman–Crippen MR) is 122 cm³/mol. The van der Waals surface area contributed by atoms with Gasteiger partial charge in [-0.05, 0) is 30.3 Å². The largest absolute Gasteiger partial charge is 0.339 e. The van der Waals surface area contributed by atoms with Gasteiger partial charge in [-0.15, -0.1) is 0 Å². The summed E-state index contributed by atoms with van der Waals surface area (Å²) >= 11 is 0. The summed E-state index contributed by atoms with van der Waals surface area (Å²) in [5.74, 6) is -0.515. The van der Waals surface area contributed by atoms with Crippen molar-refractivity contribution in [1.29, 1.82) is 0 Å². The third-order valence-corrected chi connectivity index (χ3v) is 5.87. The molecular formula is C25H22FN5O2. The molecule has 2 aromatic carbocycles. The Kier molecular flexibility index (Phi) is 5.34. The second-order valence-corrected chi connectivity index (χ2v) is 8.00. The van der Waals surface area contributed by atoms with Crippen LogP contribution in [0.2, 0.25) is 0 Å². The molecule has 5 rings (SSSR count). The van der Waals surface area contributed by atoms with Crippen LogP contribution in [-0.4, -0.2) is 62.4 Å². The van der Waals surface area contributed by atoms with Crippen LogP contribution in [-0.2, 0) is 4.79 Å². The van der Waals surface area contributed by atoms with Crippen molar-refractivity contribution in [3.8, 4) is 22.5 Å². The van der Waals surface area contributed by atoms with Crippen molar-refractivity contribution in [3.05, 3.63) is 78.2 Å². The first kappa shape index (κ1) is 20.8. The Morgan fingerprint density at radius 1 is 0.818 bits per heavy atom. The average Bonchev–Trinajstić information content (AvgIpc) is 3.28. The van der Waals surface area contributed by atoms with Crippen molar-refractivity contribution in [1.82, 2.24) is 24.4 Å². The zero-order valence-corrected chi connectivity index (χ0v) is 18.1. The van der Waals surface area contributed by atoms with Crippen molar-refractivity contribution >= 4 is 17.5 Å². The Balaban J connectivity index is 1.59. The number of nitrogens with zero attached hydrogens (tertiary/aromatic N) is 5. The standard InChI is InChI=1S/C25H22FN5O2/c1-17(32)29-11-13-30(14-12-29)25(33)23-15-21(19-7-9-20(26)10-8-19)27-24-16-22(28-31(23)24)18-5-3-2-4-6-18/h2-10,15-16H,11-14H2,1H3. The fourth-order valence-electron chi connectivity index (χ4n) is 4.03. The molecule has 166 valence electrons. The van der Waals surface area contributed by atoms with Gasteiger partial charge in [-0.1, -0.05) is 30.3 Å². The molecular weight excluding hydrogens is 421 g/mol. The van der Waals surface area contributed by atoms with Gasteiger partial charge in [0.1, 0.15) is 11.5 Å². The van der Waals surface area contributed by atoms with Crippen molar-refractivity contribution in [3.63, 3.8) is 0 Å². The van der Waals surface area contributed by atoms with E-state index in [9.17, 15) is 14.0 Å². The number of halogens is 1. The number of hydrogen-bond donors (Lipinski definition) is 0. The van der Waals surface area contributed by atoms with E-state index < -0.39 is 0 Å². The van der Waals surface area contributed by atoms with E-state index in [2.05, 4.69) is 5.10 Å². The van der Waals surface area contributed by atoms with Crippen LogP contribution in [0.4, 0.5) is 4.39 Å². The minimum absolute atomic E-state index is 0.00609. The molecule has 0 N–H and O–H groups in total. The van der Waals surface area contributed by atoms with E-state index in [-0.39, 0.29) is 17.6 Å². The minimum Gasteiger partial charge on any atom is -0.339 e. The molecule has 2 aromatic heterocycles. The van der Waals surface area contributed by atoms with Gasteiger partial charge in [-0.2, -0.15) is 5.10 Å². The van der Waals surface area contributed by atoms with Gasteiger partial charge in [0, 0.05) is 50.3 Å². The molecule has 0 atom stereocenters.